The fourth-order valence-electron chi connectivity index (χ4n) is 3.06. The Morgan fingerprint density at radius 1 is 1.33 bits per heavy atom. The van der Waals surface area contributed by atoms with Crippen LogP contribution in [-0.4, -0.2) is 12.1 Å². The summed E-state index contributed by atoms with van der Waals surface area (Å²) in [5.41, 5.74) is 6.54. The smallest absolute Gasteiger partial charge is 0.119 e. The van der Waals surface area contributed by atoms with E-state index < -0.39 is 0 Å². The molecule has 2 unspecified atom stereocenters. The number of rotatable bonds is 5. The van der Waals surface area contributed by atoms with Gasteiger partial charge in [-0.3, -0.25) is 0 Å². The van der Waals surface area contributed by atoms with Crippen LogP contribution < -0.4 is 10.5 Å². The molecule has 0 heterocycles. The molecule has 1 fully saturated rings. The van der Waals surface area contributed by atoms with Crippen molar-refractivity contribution < 1.29 is 4.74 Å². The highest BCUT2D eigenvalue weighted by atomic mass is 16.5. The zero-order valence-corrected chi connectivity index (χ0v) is 11.4. The molecule has 2 heteroatoms. The van der Waals surface area contributed by atoms with Gasteiger partial charge in [-0.05, 0) is 43.7 Å². The Morgan fingerprint density at radius 2 is 2.11 bits per heavy atom. The molecule has 1 saturated carbocycles. The number of hydrogen-bond acceptors (Lipinski definition) is 2. The van der Waals surface area contributed by atoms with Gasteiger partial charge in [0.1, 0.15) is 5.75 Å². The van der Waals surface area contributed by atoms with E-state index in [1.807, 2.05) is 30.3 Å². The first-order valence-corrected chi connectivity index (χ1v) is 7.15. The number of para-hydroxylation sites is 1. The Hall–Kier alpha value is -1.02. The van der Waals surface area contributed by atoms with Gasteiger partial charge in [-0.25, -0.2) is 0 Å². The summed E-state index contributed by atoms with van der Waals surface area (Å²) in [7, 11) is 0. The monoisotopic (exact) mass is 247 g/mol. The van der Waals surface area contributed by atoms with Crippen molar-refractivity contribution in [2.45, 2.75) is 51.0 Å². The molecule has 0 amide bonds. The quantitative estimate of drug-likeness (QED) is 0.804. The van der Waals surface area contributed by atoms with Crippen molar-refractivity contribution in [3.63, 3.8) is 0 Å². The highest BCUT2D eigenvalue weighted by molar-refractivity contribution is 5.20. The van der Waals surface area contributed by atoms with Crippen molar-refractivity contribution in [3.8, 4) is 5.75 Å². The second kappa shape index (κ2) is 6.24. The lowest BCUT2D eigenvalue weighted by atomic mass is 9.75. The predicted molar refractivity (Wildman–Crippen MR) is 75.7 cm³/mol. The van der Waals surface area contributed by atoms with Gasteiger partial charge in [-0.2, -0.15) is 0 Å². The molecule has 100 valence electrons. The maximum Gasteiger partial charge on any atom is 0.119 e. The lowest BCUT2D eigenvalue weighted by molar-refractivity contribution is 0.203. The molecule has 0 aliphatic heterocycles. The molecule has 1 aromatic rings. The molecule has 1 aliphatic carbocycles. The average Bonchev–Trinajstić information content (AvgIpc) is 2.36. The van der Waals surface area contributed by atoms with Gasteiger partial charge in [0.15, 0.2) is 0 Å². The molecule has 1 aliphatic rings. The molecule has 0 spiro atoms. The molecule has 0 saturated heterocycles. The lowest BCUT2D eigenvalue weighted by Gasteiger charge is -2.37. The second-order valence-corrected chi connectivity index (χ2v) is 5.83. The summed E-state index contributed by atoms with van der Waals surface area (Å²) in [6, 6.07) is 10.0. The highest BCUT2D eigenvalue weighted by Gasteiger charge is 2.30. The molecule has 2 N–H and O–H groups in total. The number of ether oxygens (including phenoxy) is 1. The Bertz CT molecular complexity index is 351. The van der Waals surface area contributed by atoms with Crippen molar-refractivity contribution in [2.75, 3.05) is 6.61 Å². The number of benzene rings is 1. The minimum Gasteiger partial charge on any atom is -0.494 e. The van der Waals surface area contributed by atoms with E-state index in [0.29, 0.717) is 0 Å². The third kappa shape index (κ3) is 4.02. The predicted octanol–water partition coefficient (Wildman–Crippen LogP) is 3.75. The topological polar surface area (TPSA) is 35.2 Å². The van der Waals surface area contributed by atoms with Crippen molar-refractivity contribution in [1.82, 2.24) is 0 Å². The molecule has 1 aromatic carbocycles. The van der Waals surface area contributed by atoms with Crippen LogP contribution in [0.3, 0.4) is 0 Å². The molecule has 2 nitrogen and oxygen atoms in total. The van der Waals surface area contributed by atoms with Gasteiger partial charge < -0.3 is 10.5 Å². The summed E-state index contributed by atoms with van der Waals surface area (Å²) >= 11 is 0. The summed E-state index contributed by atoms with van der Waals surface area (Å²) in [6.45, 7) is 3.10. The van der Waals surface area contributed by atoms with E-state index >= 15 is 0 Å². The molecule has 2 atom stereocenters. The third-order valence-corrected chi connectivity index (χ3v) is 3.96. The van der Waals surface area contributed by atoms with Crippen LogP contribution in [0.5, 0.6) is 5.75 Å². The Morgan fingerprint density at radius 3 is 2.83 bits per heavy atom. The molecule has 0 radical (unpaired) electrons. The normalized spacial score (nSPS) is 28.0. The molecular weight excluding hydrogens is 222 g/mol. The van der Waals surface area contributed by atoms with E-state index in [1.165, 1.54) is 25.7 Å². The maximum absolute atomic E-state index is 6.47. The van der Waals surface area contributed by atoms with Crippen molar-refractivity contribution in [3.05, 3.63) is 30.3 Å². The largest absolute Gasteiger partial charge is 0.494 e. The fraction of sp³-hybridized carbons (Fsp3) is 0.625. The SMILES string of the molecule is CC1CCCC(N)(CCCOc2ccccc2)C1. The van der Waals surface area contributed by atoms with E-state index in [2.05, 4.69) is 6.92 Å². The maximum atomic E-state index is 6.47. The van der Waals surface area contributed by atoms with Gasteiger partial charge in [-0.1, -0.05) is 38.0 Å². The molecule has 2 rings (SSSR count). The van der Waals surface area contributed by atoms with E-state index in [4.69, 9.17) is 10.5 Å². The number of nitrogens with two attached hydrogens (primary N) is 1. The highest BCUT2D eigenvalue weighted by Crippen LogP contribution is 2.33. The van der Waals surface area contributed by atoms with Gasteiger partial charge in [0.2, 0.25) is 0 Å². The van der Waals surface area contributed by atoms with E-state index in [-0.39, 0.29) is 5.54 Å². The Kier molecular flexibility index (Phi) is 4.65. The van der Waals surface area contributed by atoms with E-state index in [1.54, 1.807) is 0 Å². The third-order valence-electron chi connectivity index (χ3n) is 3.96. The minimum atomic E-state index is 0.0672. The van der Waals surface area contributed by atoms with Gasteiger partial charge >= 0.3 is 0 Å². The molecule has 18 heavy (non-hydrogen) atoms. The fourth-order valence-corrected chi connectivity index (χ4v) is 3.06. The van der Waals surface area contributed by atoms with Crippen LogP contribution in [0.4, 0.5) is 0 Å². The Balaban J connectivity index is 1.69. The zero-order chi connectivity index (χ0) is 12.8. The molecule has 0 bridgehead atoms. The standard InChI is InChI=1S/C16H25NO/c1-14-7-5-10-16(17,13-14)11-6-12-18-15-8-3-2-4-9-15/h2-4,8-9,14H,5-7,10-13,17H2,1H3. The van der Waals surface area contributed by atoms with Crippen molar-refractivity contribution in [2.24, 2.45) is 11.7 Å². The molecular formula is C16H25NO. The summed E-state index contributed by atoms with van der Waals surface area (Å²) < 4.78 is 5.71. The lowest BCUT2D eigenvalue weighted by Crippen LogP contribution is -2.44. The first kappa shape index (κ1) is 13.4. The Labute approximate surface area is 111 Å². The summed E-state index contributed by atoms with van der Waals surface area (Å²) in [5, 5.41) is 0. The van der Waals surface area contributed by atoms with Crippen LogP contribution in [0.15, 0.2) is 30.3 Å². The number of hydrogen-bond donors (Lipinski definition) is 1. The minimum absolute atomic E-state index is 0.0672. The van der Waals surface area contributed by atoms with Crippen LogP contribution >= 0.6 is 0 Å². The summed E-state index contributed by atoms with van der Waals surface area (Å²) in [6.07, 6.45) is 7.14. The van der Waals surface area contributed by atoms with Crippen LogP contribution in [0.2, 0.25) is 0 Å². The average molecular weight is 247 g/mol. The first-order valence-electron chi connectivity index (χ1n) is 7.15. The van der Waals surface area contributed by atoms with Gasteiger partial charge in [0.25, 0.3) is 0 Å². The van der Waals surface area contributed by atoms with Crippen LogP contribution in [0, 0.1) is 5.92 Å². The van der Waals surface area contributed by atoms with Gasteiger partial charge in [0.05, 0.1) is 6.61 Å². The van der Waals surface area contributed by atoms with Crippen LogP contribution in [0.1, 0.15) is 45.4 Å². The summed E-state index contributed by atoms with van der Waals surface area (Å²) in [5.74, 6) is 1.75. The second-order valence-electron chi connectivity index (χ2n) is 5.83. The molecule has 0 aromatic heterocycles. The van der Waals surface area contributed by atoms with Crippen LogP contribution in [0.25, 0.3) is 0 Å². The van der Waals surface area contributed by atoms with Gasteiger partial charge in [-0.15, -0.1) is 0 Å². The van der Waals surface area contributed by atoms with Crippen LogP contribution in [-0.2, 0) is 0 Å². The van der Waals surface area contributed by atoms with Gasteiger partial charge in [0, 0.05) is 5.54 Å². The van der Waals surface area contributed by atoms with Crippen molar-refractivity contribution >= 4 is 0 Å². The zero-order valence-electron chi connectivity index (χ0n) is 11.4. The van der Waals surface area contributed by atoms with E-state index in [9.17, 15) is 0 Å². The first-order chi connectivity index (χ1) is 8.68. The summed E-state index contributed by atoms with van der Waals surface area (Å²) in [4.78, 5) is 0. The van der Waals surface area contributed by atoms with E-state index in [0.717, 1.165) is 31.1 Å². The van der Waals surface area contributed by atoms with Crippen molar-refractivity contribution in [1.29, 1.82) is 0 Å².